The summed E-state index contributed by atoms with van der Waals surface area (Å²) >= 11 is 0. The average Bonchev–Trinajstić information content (AvgIpc) is 2.75. The van der Waals surface area contributed by atoms with Gasteiger partial charge < -0.3 is 24.6 Å². The maximum atomic E-state index is 11.9. The minimum Gasteiger partial charge on any atom is -0.386 e. The van der Waals surface area contributed by atoms with E-state index in [1.807, 2.05) is 13.3 Å². The van der Waals surface area contributed by atoms with Crippen molar-refractivity contribution >= 4 is 23.4 Å². The van der Waals surface area contributed by atoms with Crippen molar-refractivity contribution in [2.24, 2.45) is 0 Å². The van der Waals surface area contributed by atoms with Crippen molar-refractivity contribution in [1.82, 2.24) is 9.55 Å². The van der Waals surface area contributed by atoms with E-state index in [1.165, 1.54) is 16.8 Å². The molecule has 118 valence electrons. The van der Waals surface area contributed by atoms with E-state index in [0.29, 0.717) is 15.4 Å². The number of ether oxygens (including phenoxy) is 1. The topological polar surface area (TPSA) is 109 Å². The molecular formula is C11H19N3O5P2. The molecule has 1 aliphatic heterocycles. The van der Waals surface area contributed by atoms with Crippen molar-refractivity contribution in [3.63, 3.8) is 0 Å². The summed E-state index contributed by atoms with van der Waals surface area (Å²) in [6.45, 7) is 4.06. The van der Waals surface area contributed by atoms with E-state index in [2.05, 4.69) is 4.98 Å². The molecule has 1 aromatic rings. The molecule has 1 fully saturated rings. The van der Waals surface area contributed by atoms with Gasteiger partial charge in [-0.15, -0.1) is 0 Å². The molecule has 2 rings (SSSR count). The van der Waals surface area contributed by atoms with Gasteiger partial charge in [0.1, 0.15) is 24.1 Å². The molecular weight excluding hydrogens is 316 g/mol. The molecule has 1 saturated heterocycles. The fraction of sp³-hybridized carbons (Fsp3) is 0.636. The maximum absolute atomic E-state index is 11.9. The van der Waals surface area contributed by atoms with E-state index in [9.17, 15) is 9.90 Å². The van der Waals surface area contributed by atoms with Crippen molar-refractivity contribution in [3.05, 3.63) is 22.7 Å². The van der Waals surface area contributed by atoms with Crippen LogP contribution in [0.2, 0.25) is 0 Å². The van der Waals surface area contributed by atoms with Crippen LogP contribution in [0.3, 0.4) is 0 Å². The Morgan fingerprint density at radius 3 is 2.90 bits per heavy atom. The standard InChI is InChI=1S/C11H19N3O5P2/c1-20-17-5-6-9(19-21-2)8(15)10(18-6)14-4-3-7(12)13-11(14)16/h3-4,6,8-10,15,20-21H,5H2,1-2H3,(H2,12,13,16)/t6-,8?,9?,10-/m1/s1. The number of nitrogens with two attached hydrogens (primary N) is 1. The molecule has 0 spiro atoms. The van der Waals surface area contributed by atoms with Crippen LogP contribution in [0.25, 0.3) is 0 Å². The van der Waals surface area contributed by atoms with Gasteiger partial charge in [-0.1, -0.05) is 0 Å². The molecule has 3 N–H and O–H groups in total. The van der Waals surface area contributed by atoms with Gasteiger partial charge in [-0.3, -0.25) is 4.57 Å². The van der Waals surface area contributed by atoms with Gasteiger partial charge in [-0.2, -0.15) is 4.98 Å². The third kappa shape index (κ3) is 3.77. The smallest absolute Gasteiger partial charge is 0.351 e. The zero-order chi connectivity index (χ0) is 15.4. The second kappa shape index (κ2) is 7.58. The summed E-state index contributed by atoms with van der Waals surface area (Å²) in [6, 6.07) is 1.48. The van der Waals surface area contributed by atoms with Crippen molar-refractivity contribution in [3.8, 4) is 0 Å². The first-order valence-corrected chi connectivity index (χ1v) is 9.19. The van der Waals surface area contributed by atoms with Crippen LogP contribution in [0.15, 0.2) is 17.1 Å². The molecule has 0 amide bonds. The Bertz CT molecular complexity index is 529. The predicted molar refractivity (Wildman–Crippen MR) is 82.1 cm³/mol. The summed E-state index contributed by atoms with van der Waals surface area (Å²) in [5.41, 5.74) is 4.88. The van der Waals surface area contributed by atoms with Gasteiger partial charge in [0, 0.05) is 23.8 Å². The molecule has 4 unspecified atom stereocenters. The molecule has 0 bridgehead atoms. The van der Waals surface area contributed by atoms with E-state index < -0.39 is 30.2 Å². The first-order valence-electron chi connectivity index (χ1n) is 6.37. The van der Waals surface area contributed by atoms with Gasteiger partial charge >= 0.3 is 5.69 Å². The zero-order valence-electron chi connectivity index (χ0n) is 11.7. The second-order valence-electron chi connectivity index (χ2n) is 4.40. The van der Waals surface area contributed by atoms with Crippen LogP contribution in [0, 0.1) is 0 Å². The number of rotatable bonds is 6. The van der Waals surface area contributed by atoms with Gasteiger partial charge in [-0.25, -0.2) is 4.79 Å². The van der Waals surface area contributed by atoms with Crippen LogP contribution < -0.4 is 11.4 Å². The number of nitrogens with zero attached hydrogens (tertiary/aromatic N) is 2. The van der Waals surface area contributed by atoms with E-state index >= 15 is 0 Å². The Morgan fingerprint density at radius 1 is 1.52 bits per heavy atom. The van der Waals surface area contributed by atoms with Crippen LogP contribution in [0.4, 0.5) is 5.82 Å². The van der Waals surface area contributed by atoms with Gasteiger partial charge in [0.25, 0.3) is 0 Å². The van der Waals surface area contributed by atoms with E-state index in [4.69, 9.17) is 19.5 Å². The van der Waals surface area contributed by atoms with Crippen LogP contribution in [0.1, 0.15) is 6.23 Å². The molecule has 1 aliphatic rings. The Hall–Kier alpha value is -0.620. The summed E-state index contributed by atoms with van der Waals surface area (Å²) in [5.74, 6) is 0.124. The predicted octanol–water partition coefficient (Wildman–Crippen LogP) is -0.0678. The van der Waals surface area contributed by atoms with Crippen LogP contribution in [-0.2, 0) is 13.8 Å². The fourth-order valence-corrected chi connectivity index (χ4v) is 3.04. The van der Waals surface area contributed by atoms with Crippen molar-refractivity contribution < 1.29 is 18.9 Å². The highest BCUT2D eigenvalue weighted by Crippen LogP contribution is 2.34. The molecule has 2 heterocycles. The number of aromatic nitrogens is 2. The number of aliphatic hydroxyl groups excluding tert-OH is 1. The van der Waals surface area contributed by atoms with Gasteiger partial charge in [0.15, 0.2) is 6.23 Å². The molecule has 0 aliphatic carbocycles. The SMILES string of the molecule is CPOC[C@H]1O[C@@H](n2ccc(N)nc2=O)C(O)C1OPC. The van der Waals surface area contributed by atoms with Crippen molar-refractivity contribution in [2.75, 3.05) is 25.7 Å². The first kappa shape index (κ1) is 16.7. The third-order valence-corrected chi connectivity index (χ3v) is 4.04. The lowest BCUT2D eigenvalue weighted by Crippen LogP contribution is -2.36. The highest BCUT2D eigenvalue weighted by atomic mass is 31.1. The molecule has 6 atom stereocenters. The molecule has 0 radical (unpaired) electrons. The Balaban J connectivity index is 2.22. The lowest BCUT2D eigenvalue weighted by atomic mass is 10.1. The summed E-state index contributed by atoms with van der Waals surface area (Å²) in [4.78, 5) is 15.5. The van der Waals surface area contributed by atoms with Crippen LogP contribution >= 0.6 is 17.6 Å². The number of aliphatic hydroxyl groups is 1. The lowest BCUT2D eigenvalue weighted by molar-refractivity contribution is -0.0496. The summed E-state index contributed by atoms with van der Waals surface area (Å²) in [7, 11) is 0.506. The molecule has 21 heavy (non-hydrogen) atoms. The summed E-state index contributed by atoms with van der Waals surface area (Å²) in [6.07, 6.45) is -1.36. The Labute approximate surface area is 125 Å². The fourth-order valence-electron chi connectivity index (χ4n) is 2.15. The average molecular weight is 335 g/mol. The molecule has 8 nitrogen and oxygen atoms in total. The highest BCUT2D eigenvalue weighted by molar-refractivity contribution is 7.31. The molecule has 0 saturated carbocycles. The summed E-state index contributed by atoms with van der Waals surface area (Å²) < 4.78 is 17.9. The Kier molecular flexibility index (Phi) is 6.05. The largest absolute Gasteiger partial charge is 0.386 e. The zero-order valence-corrected chi connectivity index (χ0v) is 13.7. The van der Waals surface area contributed by atoms with E-state index in [1.54, 1.807) is 0 Å². The molecule has 10 heteroatoms. The monoisotopic (exact) mass is 335 g/mol. The normalized spacial score (nSPS) is 30.0. The second-order valence-corrected chi connectivity index (χ2v) is 5.74. The van der Waals surface area contributed by atoms with E-state index in [-0.39, 0.29) is 14.6 Å². The minimum atomic E-state index is -0.977. The number of nitrogen functional groups attached to an aromatic ring is 1. The number of hydrogen-bond acceptors (Lipinski definition) is 7. The number of anilines is 1. The van der Waals surface area contributed by atoms with Gasteiger partial charge in [0.2, 0.25) is 0 Å². The summed E-state index contributed by atoms with van der Waals surface area (Å²) in [5, 5.41) is 10.4. The van der Waals surface area contributed by atoms with Crippen molar-refractivity contribution in [1.29, 1.82) is 0 Å². The van der Waals surface area contributed by atoms with Crippen molar-refractivity contribution in [2.45, 2.75) is 24.5 Å². The Morgan fingerprint density at radius 2 is 2.29 bits per heavy atom. The third-order valence-electron chi connectivity index (χ3n) is 3.08. The van der Waals surface area contributed by atoms with Gasteiger partial charge in [-0.05, 0) is 19.4 Å². The van der Waals surface area contributed by atoms with E-state index in [0.717, 1.165) is 0 Å². The number of hydrogen-bond donors (Lipinski definition) is 2. The highest BCUT2D eigenvalue weighted by Gasteiger charge is 2.45. The molecule has 1 aromatic heterocycles. The van der Waals surface area contributed by atoms with Crippen LogP contribution in [0.5, 0.6) is 0 Å². The quantitative estimate of drug-likeness (QED) is 0.701. The molecule has 0 aromatic carbocycles. The maximum Gasteiger partial charge on any atom is 0.351 e. The minimum absolute atomic E-state index is 0.124. The van der Waals surface area contributed by atoms with Crippen LogP contribution in [-0.4, -0.2) is 52.9 Å². The first-order chi connectivity index (χ1) is 10.1. The van der Waals surface area contributed by atoms with Gasteiger partial charge in [0.05, 0.1) is 6.61 Å². The lowest BCUT2D eigenvalue weighted by Gasteiger charge is -2.19.